The molecule has 0 atom stereocenters. The minimum absolute atomic E-state index is 0.436. The minimum atomic E-state index is 0.436. The smallest absolute Gasteiger partial charge is 0.130 e. The second-order valence-corrected chi connectivity index (χ2v) is 24.2. The van der Waals surface area contributed by atoms with Gasteiger partial charge in [0.05, 0.1) is 0 Å². The van der Waals surface area contributed by atoms with Crippen molar-refractivity contribution in [3.05, 3.63) is 289 Å². The molecule has 476 valence electrons. The zero-order valence-corrected chi connectivity index (χ0v) is 57.9. The molecule has 10 nitrogen and oxygen atoms in total. The summed E-state index contributed by atoms with van der Waals surface area (Å²) < 4.78 is 0. The summed E-state index contributed by atoms with van der Waals surface area (Å²) in [6, 6.07) is 44.5. The van der Waals surface area contributed by atoms with Crippen molar-refractivity contribution in [2.45, 2.75) is 198 Å². The summed E-state index contributed by atoms with van der Waals surface area (Å²) in [5.74, 6) is 6.71. The van der Waals surface area contributed by atoms with Crippen molar-refractivity contribution in [2.24, 2.45) is 5.92 Å². The number of hydrogen-bond donors (Lipinski definition) is 0. The Morgan fingerprint density at radius 2 is 0.629 bits per heavy atom. The van der Waals surface area contributed by atoms with Crippen molar-refractivity contribution in [1.29, 1.82) is 0 Å². The largest absolute Gasteiger partial charge is 0.265 e. The van der Waals surface area contributed by atoms with Gasteiger partial charge in [0.2, 0.25) is 0 Å². The highest BCUT2D eigenvalue weighted by molar-refractivity contribution is 5.27. The molecule has 1 aromatic carbocycles. The van der Waals surface area contributed by atoms with Crippen LogP contribution >= 0.6 is 0 Å². The van der Waals surface area contributed by atoms with E-state index in [0.29, 0.717) is 59.2 Å². The molecule has 0 unspecified atom stereocenters. The highest BCUT2D eigenvalue weighted by atomic mass is 14.9. The molecular weight excluding hydrogens is 1090 g/mol. The molecule has 0 saturated heterocycles. The first-order valence-electron chi connectivity index (χ1n) is 31.9. The topological polar surface area (TPSA) is 129 Å². The first-order valence-corrected chi connectivity index (χ1v) is 31.9. The maximum atomic E-state index is 4.18. The van der Waals surface area contributed by atoms with E-state index in [2.05, 4.69) is 237 Å². The molecule has 1 aliphatic rings. The van der Waals surface area contributed by atoms with E-state index < -0.39 is 0 Å². The molecule has 0 fully saturated rings. The van der Waals surface area contributed by atoms with Crippen LogP contribution in [0.2, 0.25) is 0 Å². The minimum Gasteiger partial charge on any atom is -0.265 e. The summed E-state index contributed by atoms with van der Waals surface area (Å²) in [4.78, 5) is 40.4. The van der Waals surface area contributed by atoms with Crippen molar-refractivity contribution in [3.8, 4) is 0 Å². The Kier molecular flexibility index (Phi) is 43.1. The lowest BCUT2D eigenvalue weighted by Gasteiger charge is -2.01. The Bertz CT molecular complexity index is 2430. The molecule has 0 spiro atoms. The first-order chi connectivity index (χ1) is 42.5. The molecule has 89 heavy (non-hydrogen) atoms. The number of benzene rings is 1. The van der Waals surface area contributed by atoms with Gasteiger partial charge in [0.15, 0.2) is 0 Å². The van der Waals surface area contributed by atoms with E-state index in [-0.39, 0.29) is 0 Å². The third-order valence-corrected chi connectivity index (χ3v) is 13.2. The van der Waals surface area contributed by atoms with Gasteiger partial charge in [0.1, 0.15) is 12.2 Å². The van der Waals surface area contributed by atoms with Gasteiger partial charge in [-0.2, -0.15) is 0 Å². The van der Waals surface area contributed by atoms with Crippen molar-refractivity contribution in [1.82, 2.24) is 49.8 Å². The number of pyridine rings is 6. The molecule has 8 heterocycles. The normalized spacial score (nSPS) is 10.8. The zero-order chi connectivity index (χ0) is 66.2. The molecular formula is C79H110N10. The number of aromatic nitrogens is 10. The van der Waals surface area contributed by atoms with Crippen LogP contribution < -0.4 is 0 Å². The summed E-state index contributed by atoms with van der Waals surface area (Å²) in [6.45, 7) is 43.1. The fourth-order valence-corrected chi connectivity index (χ4v) is 7.36. The van der Waals surface area contributed by atoms with Crippen LogP contribution in [0.25, 0.3) is 0 Å². The SMILES string of the molecule is CC(C)C1=CCC=C1.CC(C)c1ccccc1.CC(C)c1ccccn1.CC(C)c1ccccn1.CC(C)c1ccccn1.CC(C)c1cccnc1.CC(C)c1ccncc1.CC(C)c1ccncc1.CC(C)c1ccncn1.CC(C)c1ncccn1. The highest BCUT2D eigenvalue weighted by Crippen LogP contribution is 2.18. The van der Waals surface area contributed by atoms with Crippen LogP contribution in [0.5, 0.6) is 0 Å². The van der Waals surface area contributed by atoms with Gasteiger partial charge in [0.25, 0.3) is 0 Å². The predicted octanol–water partition coefficient (Wildman–Crippen LogP) is 21.8. The van der Waals surface area contributed by atoms with E-state index in [1.807, 2.05) is 153 Å². The third-order valence-electron chi connectivity index (χ3n) is 13.2. The van der Waals surface area contributed by atoms with Gasteiger partial charge in [-0.15, -0.1) is 0 Å². The van der Waals surface area contributed by atoms with Crippen molar-refractivity contribution < 1.29 is 0 Å². The van der Waals surface area contributed by atoms with Crippen molar-refractivity contribution >= 4 is 0 Å². The molecule has 0 saturated carbocycles. The average molecular weight is 1200 g/mol. The van der Waals surface area contributed by atoms with Gasteiger partial charge >= 0.3 is 0 Å². The zero-order valence-electron chi connectivity index (χ0n) is 57.9. The van der Waals surface area contributed by atoms with Gasteiger partial charge in [-0.05, 0) is 166 Å². The standard InChI is InChI=1S/C9H12.6C8H11N.C8H12.2C7H10N2/c1-8(2)9-6-4-3-5-7-9;2*1-7(2)8-3-5-9-6-4-8;1-7(2)8-4-3-5-9-6-8;3*1-7(2)8-5-3-4-6-9-8;1-7(2)8-5-3-4-6-8;1-6(2)7-3-4-8-5-9-7;1-6(2)7-8-4-3-5-9-7/h3-8H,1-2H3;6*3-7H,1-2H3;3,5-7H,4H2,1-2H3;2*3-6H,1-2H3. The maximum Gasteiger partial charge on any atom is 0.130 e. The summed E-state index contributed by atoms with van der Waals surface area (Å²) in [7, 11) is 0. The van der Waals surface area contributed by atoms with E-state index >= 15 is 0 Å². The summed E-state index contributed by atoms with van der Waals surface area (Å²) in [6.07, 6.45) is 31.2. The lowest BCUT2D eigenvalue weighted by molar-refractivity contribution is 0.774. The van der Waals surface area contributed by atoms with Crippen molar-refractivity contribution in [3.63, 3.8) is 0 Å². The fourth-order valence-electron chi connectivity index (χ4n) is 7.36. The Balaban J connectivity index is 0.000000495. The monoisotopic (exact) mass is 1200 g/mol. The van der Waals surface area contributed by atoms with E-state index in [4.69, 9.17) is 0 Å². The molecule has 8 aromatic heterocycles. The Morgan fingerprint density at radius 1 is 0.258 bits per heavy atom. The van der Waals surface area contributed by atoms with E-state index in [1.165, 1.54) is 27.8 Å². The molecule has 9 aromatic rings. The summed E-state index contributed by atoms with van der Waals surface area (Å²) in [5.41, 5.74) is 11.5. The fraction of sp³-hybridized carbons (Fsp3) is 0.392. The molecule has 0 bridgehead atoms. The number of rotatable bonds is 10. The van der Waals surface area contributed by atoms with Crippen LogP contribution in [-0.4, -0.2) is 49.8 Å². The summed E-state index contributed by atoms with van der Waals surface area (Å²) in [5, 5.41) is 0. The number of allylic oxidation sites excluding steroid dienone is 4. The molecule has 0 radical (unpaired) electrons. The average Bonchev–Trinajstić information content (AvgIpc) is 4.15. The quantitative estimate of drug-likeness (QED) is 0.130. The van der Waals surface area contributed by atoms with E-state index in [1.54, 1.807) is 31.1 Å². The van der Waals surface area contributed by atoms with Gasteiger partial charge in [-0.1, -0.05) is 211 Å². The Labute approximate surface area is 540 Å². The van der Waals surface area contributed by atoms with Crippen molar-refractivity contribution in [2.75, 3.05) is 0 Å². The lowest BCUT2D eigenvalue weighted by atomic mass is 10.0. The summed E-state index contributed by atoms with van der Waals surface area (Å²) >= 11 is 0. The van der Waals surface area contributed by atoms with E-state index in [9.17, 15) is 0 Å². The third kappa shape index (κ3) is 39.3. The molecule has 10 heteroatoms. The van der Waals surface area contributed by atoms with E-state index in [0.717, 1.165) is 35.0 Å². The first kappa shape index (κ1) is 78.8. The number of nitrogens with zero attached hydrogens (tertiary/aromatic N) is 10. The van der Waals surface area contributed by atoms with Crippen LogP contribution in [0.4, 0.5) is 0 Å². The molecule has 0 N–H and O–H groups in total. The van der Waals surface area contributed by atoms with Crippen LogP contribution in [-0.2, 0) is 0 Å². The second-order valence-electron chi connectivity index (χ2n) is 24.2. The van der Waals surface area contributed by atoms with Gasteiger partial charge in [-0.3, -0.25) is 29.9 Å². The van der Waals surface area contributed by atoms with Gasteiger partial charge in [0, 0.05) is 103 Å². The van der Waals surface area contributed by atoms with Gasteiger partial charge in [-0.25, -0.2) is 19.9 Å². The van der Waals surface area contributed by atoms with Crippen LogP contribution in [0.3, 0.4) is 0 Å². The second kappa shape index (κ2) is 48.7. The number of hydrogen-bond acceptors (Lipinski definition) is 10. The van der Waals surface area contributed by atoms with Crippen LogP contribution in [0.15, 0.2) is 238 Å². The Hall–Kier alpha value is -8.24. The van der Waals surface area contributed by atoms with Crippen LogP contribution in [0.1, 0.15) is 249 Å². The van der Waals surface area contributed by atoms with Crippen LogP contribution in [0, 0.1) is 5.92 Å². The highest BCUT2D eigenvalue weighted by Gasteiger charge is 2.02. The van der Waals surface area contributed by atoms with Gasteiger partial charge < -0.3 is 0 Å². The molecule has 0 aliphatic heterocycles. The predicted molar refractivity (Wildman–Crippen MR) is 379 cm³/mol. The maximum absolute atomic E-state index is 4.18. The molecule has 10 rings (SSSR count). The molecule has 0 amide bonds. The Morgan fingerprint density at radius 3 is 0.854 bits per heavy atom. The molecule has 1 aliphatic carbocycles. The lowest BCUT2D eigenvalue weighted by Crippen LogP contribution is -1.93.